The van der Waals surface area contributed by atoms with E-state index in [4.69, 9.17) is 5.73 Å². The molecule has 0 aliphatic heterocycles. The van der Waals surface area contributed by atoms with Crippen molar-refractivity contribution in [3.63, 3.8) is 0 Å². The lowest BCUT2D eigenvalue weighted by molar-refractivity contribution is 0.122. The van der Waals surface area contributed by atoms with Gasteiger partial charge in [0, 0.05) is 18.4 Å². The van der Waals surface area contributed by atoms with Crippen molar-refractivity contribution in [2.75, 3.05) is 0 Å². The van der Waals surface area contributed by atoms with Crippen LogP contribution in [0.2, 0.25) is 0 Å². The van der Waals surface area contributed by atoms with Crippen LogP contribution < -0.4 is 5.73 Å². The molecule has 86 valence electrons. The van der Waals surface area contributed by atoms with Crippen LogP contribution in [0.4, 0.5) is 0 Å². The Hall–Kier alpha value is -1.39. The highest BCUT2D eigenvalue weighted by atomic mass is 16.3. The van der Waals surface area contributed by atoms with Gasteiger partial charge in [-0.05, 0) is 18.1 Å². The van der Waals surface area contributed by atoms with E-state index in [1.165, 1.54) is 0 Å². The molecule has 0 fully saturated rings. The fraction of sp³-hybridized carbons (Fsp3) is 0.417. The third-order valence-electron chi connectivity index (χ3n) is 2.82. The summed E-state index contributed by atoms with van der Waals surface area (Å²) in [5.41, 5.74) is 7.37. The van der Waals surface area contributed by atoms with Gasteiger partial charge in [-0.2, -0.15) is 0 Å². The molecule has 3 N–H and O–H groups in total. The van der Waals surface area contributed by atoms with Crippen LogP contribution in [0.3, 0.4) is 0 Å². The second-order valence-electron chi connectivity index (χ2n) is 4.40. The summed E-state index contributed by atoms with van der Waals surface area (Å²) in [5, 5.41) is 10.1. The molecule has 2 atom stereocenters. The summed E-state index contributed by atoms with van der Waals surface area (Å²) in [6, 6.07) is 5.45. The molecule has 0 bridgehead atoms. The number of fused-ring (bicyclic) bond motifs is 1. The van der Waals surface area contributed by atoms with E-state index < -0.39 is 6.10 Å². The van der Waals surface area contributed by atoms with Gasteiger partial charge in [0.25, 0.3) is 0 Å². The fourth-order valence-corrected chi connectivity index (χ4v) is 1.66. The van der Waals surface area contributed by atoms with Gasteiger partial charge < -0.3 is 15.2 Å². The minimum atomic E-state index is -0.708. The number of hydrogen-bond acceptors (Lipinski definition) is 3. The molecule has 0 spiro atoms. The van der Waals surface area contributed by atoms with Crippen molar-refractivity contribution in [2.24, 2.45) is 11.7 Å². The number of nitrogens with zero attached hydrogens (tertiary/aromatic N) is 2. The van der Waals surface area contributed by atoms with Crippen molar-refractivity contribution in [1.29, 1.82) is 0 Å². The topological polar surface area (TPSA) is 63.5 Å². The fourth-order valence-electron chi connectivity index (χ4n) is 1.66. The summed E-state index contributed by atoms with van der Waals surface area (Å²) in [6.45, 7) is 3.98. The van der Waals surface area contributed by atoms with Crippen molar-refractivity contribution >= 4 is 5.65 Å². The zero-order valence-electron chi connectivity index (χ0n) is 9.54. The lowest BCUT2D eigenvalue weighted by Gasteiger charge is -2.20. The van der Waals surface area contributed by atoms with Gasteiger partial charge in [0.05, 0.1) is 5.69 Å². The predicted octanol–water partition coefficient (Wildman–Crippen LogP) is 1.35. The Morgan fingerprint density at radius 2 is 2.12 bits per heavy atom. The third kappa shape index (κ3) is 1.94. The first kappa shape index (κ1) is 11.1. The van der Waals surface area contributed by atoms with Crippen LogP contribution >= 0.6 is 0 Å². The molecular weight excluding hydrogens is 202 g/mol. The highest BCUT2D eigenvalue weighted by molar-refractivity contribution is 5.39. The van der Waals surface area contributed by atoms with Crippen molar-refractivity contribution in [1.82, 2.24) is 9.38 Å². The summed E-state index contributed by atoms with van der Waals surface area (Å²) in [6.07, 6.45) is 3.02. The number of aliphatic hydroxyl groups excluding tert-OH is 1. The zero-order chi connectivity index (χ0) is 11.7. The molecule has 4 nitrogen and oxygen atoms in total. The molecular formula is C12H17N3O. The largest absolute Gasteiger partial charge is 0.385 e. The van der Waals surface area contributed by atoms with Crippen molar-refractivity contribution < 1.29 is 5.11 Å². The minimum Gasteiger partial charge on any atom is -0.385 e. The van der Waals surface area contributed by atoms with Crippen LogP contribution in [0.1, 0.15) is 25.6 Å². The van der Waals surface area contributed by atoms with Crippen LogP contribution in [-0.4, -0.2) is 20.5 Å². The second kappa shape index (κ2) is 4.23. The maximum atomic E-state index is 10.1. The number of rotatable bonds is 3. The van der Waals surface area contributed by atoms with E-state index in [2.05, 4.69) is 4.98 Å². The lowest BCUT2D eigenvalue weighted by Crippen LogP contribution is -2.33. The van der Waals surface area contributed by atoms with Crippen LogP contribution in [0.5, 0.6) is 0 Å². The van der Waals surface area contributed by atoms with Gasteiger partial charge in [-0.25, -0.2) is 4.98 Å². The van der Waals surface area contributed by atoms with E-state index in [1.807, 2.05) is 48.8 Å². The molecule has 0 radical (unpaired) electrons. The van der Waals surface area contributed by atoms with Crippen molar-refractivity contribution in [3.05, 3.63) is 36.3 Å². The Morgan fingerprint density at radius 1 is 1.38 bits per heavy atom. The van der Waals surface area contributed by atoms with Gasteiger partial charge in [-0.3, -0.25) is 0 Å². The summed E-state index contributed by atoms with van der Waals surface area (Å²) >= 11 is 0. The Balaban J connectivity index is 2.33. The molecule has 0 aromatic carbocycles. The summed E-state index contributed by atoms with van der Waals surface area (Å²) in [5.74, 6) is 0.222. The molecule has 0 saturated heterocycles. The SMILES string of the molecule is CC(C)C(N)C(O)c1cn2ccccc2n1. The Morgan fingerprint density at radius 3 is 2.75 bits per heavy atom. The van der Waals surface area contributed by atoms with E-state index in [1.54, 1.807) is 0 Å². The molecule has 16 heavy (non-hydrogen) atoms. The van der Waals surface area contributed by atoms with Crippen LogP contribution in [0.25, 0.3) is 5.65 Å². The van der Waals surface area contributed by atoms with E-state index in [0.29, 0.717) is 5.69 Å². The van der Waals surface area contributed by atoms with Crippen molar-refractivity contribution in [3.8, 4) is 0 Å². The normalized spacial score (nSPS) is 15.6. The standard InChI is InChI=1S/C12H17N3O/c1-8(2)11(13)12(16)9-7-15-6-4-3-5-10(15)14-9/h3-8,11-12,16H,13H2,1-2H3. The maximum absolute atomic E-state index is 10.1. The number of imidazole rings is 1. The average molecular weight is 219 g/mol. The smallest absolute Gasteiger partial charge is 0.137 e. The van der Waals surface area contributed by atoms with Crippen LogP contribution in [0.15, 0.2) is 30.6 Å². The number of pyridine rings is 1. The van der Waals surface area contributed by atoms with E-state index in [9.17, 15) is 5.11 Å². The molecule has 0 saturated carbocycles. The number of hydrogen-bond donors (Lipinski definition) is 2. The van der Waals surface area contributed by atoms with E-state index >= 15 is 0 Å². The van der Waals surface area contributed by atoms with Gasteiger partial charge in [0.1, 0.15) is 11.8 Å². The Labute approximate surface area is 94.7 Å². The van der Waals surface area contributed by atoms with E-state index in [0.717, 1.165) is 5.65 Å². The number of aliphatic hydroxyl groups is 1. The first-order valence-electron chi connectivity index (χ1n) is 5.47. The Bertz CT molecular complexity index is 445. The third-order valence-corrected chi connectivity index (χ3v) is 2.82. The first-order chi connectivity index (χ1) is 7.59. The van der Waals surface area contributed by atoms with Crippen molar-refractivity contribution in [2.45, 2.75) is 26.0 Å². The van der Waals surface area contributed by atoms with Gasteiger partial charge in [0.15, 0.2) is 0 Å². The van der Waals surface area contributed by atoms with Gasteiger partial charge in [-0.15, -0.1) is 0 Å². The predicted molar refractivity (Wildman–Crippen MR) is 63.0 cm³/mol. The molecule has 0 aliphatic rings. The van der Waals surface area contributed by atoms with Gasteiger partial charge in [-0.1, -0.05) is 19.9 Å². The molecule has 2 unspecified atom stereocenters. The molecule has 2 aromatic rings. The molecule has 2 aromatic heterocycles. The highest BCUT2D eigenvalue weighted by Gasteiger charge is 2.22. The molecule has 0 aliphatic carbocycles. The van der Waals surface area contributed by atoms with Gasteiger partial charge in [0.2, 0.25) is 0 Å². The van der Waals surface area contributed by atoms with Gasteiger partial charge >= 0.3 is 0 Å². The van der Waals surface area contributed by atoms with E-state index in [-0.39, 0.29) is 12.0 Å². The summed E-state index contributed by atoms with van der Waals surface area (Å²) in [7, 11) is 0. The monoisotopic (exact) mass is 219 g/mol. The van der Waals surface area contributed by atoms with Crippen LogP contribution in [0, 0.1) is 5.92 Å². The molecule has 2 rings (SSSR count). The summed E-state index contributed by atoms with van der Waals surface area (Å²) in [4.78, 5) is 4.35. The molecule has 4 heteroatoms. The number of nitrogens with two attached hydrogens (primary N) is 1. The average Bonchev–Trinajstić information content (AvgIpc) is 2.70. The second-order valence-corrected chi connectivity index (χ2v) is 4.40. The lowest BCUT2D eigenvalue weighted by atomic mass is 9.98. The zero-order valence-corrected chi connectivity index (χ0v) is 9.54. The Kier molecular flexibility index (Phi) is 2.94. The van der Waals surface area contributed by atoms with Crippen LogP contribution in [-0.2, 0) is 0 Å². The maximum Gasteiger partial charge on any atom is 0.137 e. The quantitative estimate of drug-likeness (QED) is 0.819. The molecule has 2 heterocycles. The molecule has 0 amide bonds. The number of aromatic nitrogens is 2. The minimum absolute atomic E-state index is 0.222. The highest BCUT2D eigenvalue weighted by Crippen LogP contribution is 2.19. The summed E-state index contributed by atoms with van der Waals surface area (Å²) < 4.78 is 1.88. The first-order valence-corrected chi connectivity index (χ1v) is 5.47.